The monoisotopic (exact) mass is 302 g/mol. The van der Waals surface area contributed by atoms with Crippen LogP contribution in [0.4, 0.5) is 0 Å². The molecule has 1 N–H and O–H groups in total. The first kappa shape index (κ1) is 15.9. The number of hydrogen-bond acceptors (Lipinski definition) is 4. The lowest BCUT2D eigenvalue weighted by atomic mass is 10.2. The number of nitrogens with one attached hydrogen (secondary N) is 1. The number of hydrogen-bond donors (Lipinski definition) is 1. The molecular weight excluding hydrogens is 280 g/mol. The number of aromatic nitrogens is 1. The average molecular weight is 302 g/mol. The number of rotatable bonds is 8. The van der Waals surface area contributed by atoms with Crippen molar-refractivity contribution in [2.24, 2.45) is 0 Å². The lowest BCUT2D eigenvalue weighted by molar-refractivity contribution is 0.301. The van der Waals surface area contributed by atoms with E-state index in [1.54, 1.807) is 11.8 Å². The van der Waals surface area contributed by atoms with E-state index in [4.69, 9.17) is 4.74 Å². The highest BCUT2D eigenvalue weighted by Gasteiger charge is 1.99. The second-order valence-electron chi connectivity index (χ2n) is 4.80. The molecule has 0 spiro atoms. The second-order valence-corrected chi connectivity index (χ2v) is 5.68. The number of thioether (sulfide) groups is 1. The Labute approximate surface area is 131 Å². The molecule has 112 valence electrons. The third-order valence-corrected chi connectivity index (χ3v) is 3.83. The van der Waals surface area contributed by atoms with E-state index in [-0.39, 0.29) is 0 Å². The van der Waals surface area contributed by atoms with Crippen LogP contribution in [0.1, 0.15) is 24.6 Å². The van der Waals surface area contributed by atoms with E-state index in [0.29, 0.717) is 6.61 Å². The molecule has 0 amide bonds. The number of benzene rings is 1. The summed E-state index contributed by atoms with van der Waals surface area (Å²) in [5.74, 6) is 0.878. The van der Waals surface area contributed by atoms with Gasteiger partial charge in [0.2, 0.25) is 0 Å². The van der Waals surface area contributed by atoms with Crippen molar-refractivity contribution in [3.8, 4) is 5.75 Å². The number of pyridine rings is 1. The predicted octanol–water partition coefficient (Wildman–Crippen LogP) is 3.88. The quantitative estimate of drug-likeness (QED) is 0.593. The molecule has 1 heterocycles. The zero-order chi connectivity index (χ0) is 14.9. The Morgan fingerprint density at radius 3 is 2.57 bits per heavy atom. The van der Waals surface area contributed by atoms with Crippen molar-refractivity contribution in [3.63, 3.8) is 0 Å². The van der Waals surface area contributed by atoms with Crippen LogP contribution in [0.2, 0.25) is 0 Å². The summed E-state index contributed by atoms with van der Waals surface area (Å²) in [6, 6.07) is 12.2. The van der Waals surface area contributed by atoms with Crippen LogP contribution in [-0.2, 0) is 13.2 Å². The van der Waals surface area contributed by atoms with E-state index in [1.165, 1.54) is 10.5 Å². The maximum Gasteiger partial charge on any atom is 0.130 e. The highest BCUT2D eigenvalue weighted by Crippen LogP contribution is 2.19. The minimum Gasteiger partial charge on any atom is -0.487 e. The van der Waals surface area contributed by atoms with Gasteiger partial charge in [-0.25, -0.2) is 0 Å². The molecule has 1 aromatic heterocycles. The first-order valence-corrected chi connectivity index (χ1v) is 8.45. The Morgan fingerprint density at radius 2 is 1.95 bits per heavy atom. The first-order valence-electron chi connectivity index (χ1n) is 7.23. The van der Waals surface area contributed by atoms with E-state index in [9.17, 15) is 0 Å². The summed E-state index contributed by atoms with van der Waals surface area (Å²) in [5.41, 5.74) is 2.15. The lowest BCUT2D eigenvalue weighted by Gasteiger charge is -2.07. The van der Waals surface area contributed by atoms with Crippen LogP contribution in [0.3, 0.4) is 0 Å². The minimum atomic E-state index is 0.501. The van der Waals surface area contributed by atoms with Gasteiger partial charge in [0, 0.05) is 17.6 Å². The second kappa shape index (κ2) is 8.70. The molecule has 2 rings (SSSR count). The van der Waals surface area contributed by atoms with Gasteiger partial charge in [0.1, 0.15) is 12.4 Å². The van der Waals surface area contributed by atoms with Gasteiger partial charge in [-0.15, -0.1) is 11.8 Å². The Morgan fingerprint density at radius 1 is 1.14 bits per heavy atom. The van der Waals surface area contributed by atoms with Crippen molar-refractivity contribution in [1.29, 1.82) is 0 Å². The maximum atomic E-state index is 5.74. The SMILES string of the molecule is CCCNCc1ccc(COc2ccc(SC)cc2)nc1. The van der Waals surface area contributed by atoms with Crippen molar-refractivity contribution in [3.05, 3.63) is 53.9 Å². The molecule has 0 atom stereocenters. The van der Waals surface area contributed by atoms with E-state index in [2.05, 4.69) is 41.7 Å². The summed E-state index contributed by atoms with van der Waals surface area (Å²) >= 11 is 1.73. The summed E-state index contributed by atoms with van der Waals surface area (Å²) in [6.07, 6.45) is 5.13. The summed E-state index contributed by atoms with van der Waals surface area (Å²) in [6.45, 7) is 4.58. The van der Waals surface area contributed by atoms with Gasteiger partial charge in [-0.05, 0) is 55.1 Å². The van der Waals surface area contributed by atoms with Crippen molar-refractivity contribution in [2.45, 2.75) is 31.4 Å². The van der Waals surface area contributed by atoms with Crippen LogP contribution in [0.25, 0.3) is 0 Å². The fourth-order valence-corrected chi connectivity index (χ4v) is 2.29. The van der Waals surface area contributed by atoms with Gasteiger partial charge in [0.15, 0.2) is 0 Å². The Bertz CT molecular complexity index is 525. The van der Waals surface area contributed by atoms with Crippen LogP contribution < -0.4 is 10.1 Å². The summed E-state index contributed by atoms with van der Waals surface area (Å²) < 4.78 is 5.74. The third-order valence-electron chi connectivity index (χ3n) is 3.09. The molecule has 0 bridgehead atoms. The van der Waals surface area contributed by atoms with Crippen molar-refractivity contribution < 1.29 is 4.74 Å². The molecule has 2 aromatic rings. The summed E-state index contributed by atoms with van der Waals surface area (Å²) in [7, 11) is 0. The topological polar surface area (TPSA) is 34.1 Å². The third kappa shape index (κ3) is 5.40. The number of nitrogens with zero attached hydrogens (tertiary/aromatic N) is 1. The van der Waals surface area contributed by atoms with Gasteiger partial charge >= 0.3 is 0 Å². The fraction of sp³-hybridized carbons (Fsp3) is 0.353. The Hall–Kier alpha value is -1.52. The van der Waals surface area contributed by atoms with Crippen LogP contribution >= 0.6 is 11.8 Å². The van der Waals surface area contributed by atoms with E-state index < -0.39 is 0 Å². The van der Waals surface area contributed by atoms with Gasteiger partial charge < -0.3 is 10.1 Å². The maximum absolute atomic E-state index is 5.74. The molecule has 4 heteroatoms. The van der Waals surface area contributed by atoms with Gasteiger partial charge in [-0.1, -0.05) is 13.0 Å². The van der Waals surface area contributed by atoms with Gasteiger partial charge in [-0.2, -0.15) is 0 Å². The molecule has 0 radical (unpaired) electrons. The van der Waals surface area contributed by atoms with Crippen molar-refractivity contribution >= 4 is 11.8 Å². The fourth-order valence-electron chi connectivity index (χ4n) is 1.88. The summed E-state index contributed by atoms with van der Waals surface area (Å²) in [4.78, 5) is 5.68. The van der Waals surface area contributed by atoms with E-state index >= 15 is 0 Å². The molecule has 1 aromatic carbocycles. The lowest BCUT2D eigenvalue weighted by Crippen LogP contribution is -2.14. The molecule has 0 aliphatic heterocycles. The number of ether oxygens (including phenoxy) is 1. The van der Waals surface area contributed by atoms with Crippen LogP contribution in [0, 0.1) is 0 Å². The molecule has 0 fully saturated rings. The molecule has 0 saturated carbocycles. The van der Waals surface area contributed by atoms with Crippen LogP contribution in [0.15, 0.2) is 47.5 Å². The predicted molar refractivity (Wildman–Crippen MR) is 88.8 cm³/mol. The van der Waals surface area contributed by atoms with E-state index in [0.717, 1.165) is 31.0 Å². The Balaban J connectivity index is 1.82. The van der Waals surface area contributed by atoms with Crippen molar-refractivity contribution in [2.75, 3.05) is 12.8 Å². The smallest absolute Gasteiger partial charge is 0.130 e. The van der Waals surface area contributed by atoms with Gasteiger partial charge in [0.25, 0.3) is 0 Å². The largest absolute Gasteiger partial charge is 0.487 e. The first-order chi connectivity index (χ1) is 10.3. The standard InChI is InChI=1S/C17H22N2OS/c1-3-10-18-11-14-4-5-15(19-12-14)13-20-16-6-8-17(21-2)9-7-16/h4-9,12,18H,3,10-11,13H2,1-2H3. The highest BCUT2D eigenvalue weighted by molar-refractivity contribution is 7.98. The van der Waals surface area contributed by atoms with Crippen LogP contribution in [0.5, 0.6) is 5.75 Å². The van der Waals surface area contributed by atoms with Gasteiger partial charge in [0.05, 0.1) is 5.69 Å². The van der Waals surface area contributed by atoms with E-state index in [1.807, 2.05) is 24.4 Å². The molecular formula is C17H22N2OS. The average Bonchev–Trinajstić information content (AvgIpc) is 2.55. The summed E-state index contributed by atoms with van der Waals surface area (Å²) in [5, 5.41) is 3.37. The minimum absolute atomic E-state index is 0.501. The normalized spacial score (nSPS) is 10.6. The highest BCUT2D eigenvalue weighted by atomic mass is 32.2. The van der Waals surface area contributed by atoms with Crippen molar-refractivity contribution in [1.82, 2.24) is 10.3 Å². The Kier molecular flexibility index (Phi) is 6.57. The van der Waals surface area contributed by atoms with Crippen LogP contribution in [-0.4, -0.2) is 17.8 Å². The molecule has 21 heavy (non-hydrogen) atoms. The molecule has 3 nitrogen and oxygen atoms in total. The molecule has 0 aliphatic rings. The zero-order valence-corrected chi connectivity index (χ0v) is 13.5. The molecule has 0 aliphatic carbocycles. The molecule has 0 saturated heterocycles. The van der Waals surface area contributed by atoms with Gasteiger partial charge in [-0.3, -0.25) is 4.98 Å². The molecule has 0 unspecified atom stereocenters. The zero-order valence-electron chi connectivity index (χ0n) is 12.6.